The van der Waals surface area contributed by atoms with Crippen molar-refractivity contribution in [3.05, 3.63) is 29.8 Å². The van der Waals surface area contributed by atoms with Gasteiger partial charge >= 0.3 is 5.97 Å². The fourth-order valence-corrected chi connectivity index (χ4v) is 9.67. The molecule has 0 aliphatic heterocycles. The van der Waals surface area contributed by atoms with Gasteiger partial charge in [-0.05, 0) is 101 Å². The molecule has 1 rings (SSSR count). The van der Waals surface area contributed by atoms with Crippen LogP contribution < -0.4 is 55.7 Å². The van der Waals surface area contributed by atoms with Gasteiger partial charge in [-0.25, -0.2) is 0 Å². The molecule has 86 heavy (non-hydrogen) atoms. The van der Waals surface area contributed by atoms with Crippen LogP contribution in [0.5, 0.6) is 5.75 Å². The molecule has 482 valence electrons. The zero-order chi connectivity index (χ0) is 65.4. The molecule has 0 aliphatic carbocycles. The number of unbranched alkanes of at least 4 members (excludes halogenated alkanes) is 1. The summed E-state index contributed by atoms with van der Waals surface area (Å²) in [4.78, 5) is 177. The number of nitrogens with one attached hydrogen (secondary N) is 4. The molecule has 0 saturated carbocycles. The summed E-state index contributed by atoms with van der Waals surface area (Å²) in [7, 11) is 0. The van der Waals surface area contributed by atoms with Crippen LogP contribution in [0.25, 0.3) is 0 Å². The predicted molar refractivity (Wildman–Crippen MR) is 317 cm³/mol. The molecule has 0 aliphatic rings. The number of aliphatic hydroxyl groups is 1. The molecule has 0 heterocycles. The van der Waals surface area contributed by atoms with Gasteiger partial charge in [0.15, 0.2) is 29.1 Å². The number of phenolic OH excluding ortho intramolecular Hbond substituents is 1. The third kappa shape index (κ3) is 31.5. The van der Waals surface area contributed by atoms with Gasteiger partial charge in [0.05, 0.1) is 43.1 Å². The zero-order valence-corrected chi connectivity index (χ0v) is 50.6. The van der Waals surface area contributed by atoms with Gasteiger partial charge in [0.1, 0.15) is 11.5 Å². The second-order valence-corrected chi connectivity index (χ2v) is 23.2. The van der Waals surface area contributed by atoms with Crippen LogP contribution in [0.2, 0.25) is 0 Å². The summed E-state index contributed by atoms with van der Waals surface area (Å²) >= 11 is 0. The first-order valence-corrected chi connectivity index (χ1v) is 29.3. The van der Waals surface area contributed by atoms with Crippen molar-refractivity contribution in [2.24, 2.45) is 86.7 Å². The Morgan fingerprint density at radius 1 is 0.535 bits per heavy atom. The number of aliphatic hydroxyl groups excluding tert-OH is 1. The molecule has 27 nitrogen and oxygen atoms in total. The molecule has 10 atom stereocenters. The summed E-state index contributed by atoms with van der Waals surface area (Å²) in [6.45, 7) is 9.62. The molecule has 0 radical (unpaired) electrons. The predicted octanol–water partition coefficient (Wildman–Crippen LogP) is 0.165. The SMILES string of the molecule is CC(C)C[C@H](CC(=O)[C@H](CC(C)C)NC(=O)[C@H](CCCCN)CC(=O)[C@H](CCCN=C(N)N)NC(=O)[C@@H](CC(=O)[C@H](CCC(N)=O)NC(=O)[C@H](CCC(N)=O)CC(=O)CNC(=O)[C@@H](CC(=O)[C@@H](C)CC(=O)O)[C@@H](C)O)Cc1ccc(O)cc1)C(N)=O. The Labute approximate surface area is 502 Å². The average molecular weight is 1210 g/mol. The van der Waals surface area contributed by atoms with Crippen molar-refractivity contribution >= 4 is 82.2 Å². The van der Waals surface area contributed by atoms with E-state index in [0.29, 0.717) is 24.8 Å². The zero-order valence-electron chi connectivity index (χ0n) is 50.6. The number of phenols is 1. The number of guanidine groups is 1. The van der Waals surface area contributed by atoms with Crippen molar-refractivity contribution < 1.29 is 77.6 Å². The van der Waals surface area contributed by atoms with Crippen LogP contribution >= 0.6 is 0 Å². The number of rotatable bonds is 47. The third-order valence-corrected chi connectivity index (χ3v) is 14.5. The van der Waals surface area contributed by atoms with E-state index in [9.17, 15) is 72.5 Å². The molecule has 0 bridgehead atoms. The topological polar surface area (TPSA) is 499 Å². The van der Waals surface area contributed by atoms with E-state index in [1.165, 1.54) is 38.1 Å². The third-order valence-electron chi connectivity index (χ3n) is 14.5. The first kappa shape index (κ1) is 76.3. The van der Waals surface area contributed by atoms with E-state index < -0.39 is 194 Å². The maximum atomic E-state index is 14.7. The van der Waals surface area contributed by atoms with Crippen LogP contribution in [0.15, 0.2) is 29.3 Å². The van der Waals surface area contributed by atoms with E-state index in [0.717, 1.165) is 0 Å². The van der Waals surface area contributed by atoms with E-state index in [1.54, 1.807) is 0 Å². The minimum atomic E-state index is -1.56. The van der Waals surface area contributed by atoms with Gasteiger partial charge in [0.2, 0.25) is 41.4 Å². The second-order valence-electron chi connectivity index (χ2n) is 23.2. The van der Waals surface area contributed by atoms with E-state index >= 15 is 0 Å². The molecule has 1 aromatic rings. The van der Waals surface area contributed by atoms with E-state index in [1.807, 2.05) is 27.7 Å². The monoisotopic (exact) mass is 1210 g/mol. The lowest BCUT2D eigenvalue weighted by Gasteiger charge is -2.27. The van der Waals surface area contributed by atoms with Crippen LogP contribution in [0.3, 0.4) is 0 Å². The number of amides is 7. The normalized spacial score (nSPS) is 14.8. The Morgan fingerprint density at radius 3 is 1.55 bits per heavy atom. The van der Waals surface area contributed by atoms with E-state index in [-0.39, 0.29) is 81.6 Å². The Morgan fingerprint density at radius 2 is 1.03 bits per heavy atom. The van der Waals surface area contributed by atoms with Crippen molar-refractivity contribution in [1.29, 1.82) is 0 Å². The maximum Gasteiger partial charge on any atom is 0.304 e. The van der Waals surface area contributed by atoms with Crippen molar-refractivity contribution in [2.45, 2.75) is 181 Å². The van der Waals surface area contributed by atoms with Crippen molar-refractivity contribution in [3.63, 3.8) is 0 Å². The quantitative estimate of drug-likeness (QED) is 0.0235. The summed E-state index contributed by atoms with van der Waals surface area (Å²) in [6, 6.07) is 1.74. The standard InChI is InChI=1S/C59H95N11O16/c1-32(2)22-39(54(63)82)28-50(77)46(23-33(3)4)70-55(83)37(10-7-8-20-60)27-48(75)44(11-9-21-66-59(64)65)68-57(85)40(25-36-12-15-41(72)16-13-36)29-49(76)45(17-19-52(62)79)69-56(84)38(14-18-51(61)78)26-42(73)31-67-58(86)43(35(6)71)30-47(74)34(5)24-53(80)81/h12-13,15-16,32-35,37-40,43-46,71-72H,7-11,14,17-31,60H2,1-6H3,(H2,61,78)(H2,62,79)(H2,63,82)(H,67,86)(H,68,85)(H,69,84)(H,70,83)(H,80,81)(H4,64,65,66)/t34-,35+,37+,38+,39+,40+,43-,44-,45-,46-/m0/s1. The molecule has 0 spiro atoms. The Bertz CT molecular complexity index is 2500. The van der Waals surface area contributed by atoms with Crippen molar-refractivity contribution in [3.8, 4) is 5.75 Å². The average Bonchev–Trinajstić information content (AvgIpc) is 2.87. The molecule has 0 fully saturated rings. The van der Waals surface area contributed by atoms with Gasteiger partial charge in [-0.1, -0.05) is 53.2 Å². The molecule has 27 heteroatoms. The van der Waals surface area contributed by atoms with Crippen molar-refractivity contribution in [2.75, 3.05) is 19.6 Å². The largest absolute Gasteiger partial charge is 0.508 e. The van der Waals surface area contributed by atoms with Gasteiger partial charge in [-0.3, -0.25) is 67.3 Å². The number of benzene rings is 1. The maximum absolute atomic E-state index is 14.7. The number of hydrogen-bond donors (Lipinski definition) is 13. The number of Topliss-reactive ketones (excluding diaryl/α,β-unsaturated/α-hetero) is 5. The summed E-state index contributed by atoms with van der Waals surface area (Å²) < 4.78 is 0. The van der Waals surface area contributed by atoms with Gasteiger partial charge in [0, 0.05) is 81.1 Å². The number of carbonyl (C=O) groups is 13. The number of aromatic hydroxyl groups is 1. The molecule has 7 amide bonds. The first-order chi connectivity index (χ1) is 40.2. The Kier molecular flexibility index (Phi) is 35.4. The van der Waals surface area contributed by atoms with Gasteiger partial charge < -0.3 is 71.0 Å². The molecular formula is C59H95N11O16. The van der Waals surface area contributed by atoms with Crippen LogP contribution in [-0.2, 0) is 68.7 Å². The number of primary amides is 3. The van der Waals surface area contributed by atoms with Gasteiger partial charge in [-0.15, -0.1) is 0 Å². The van der Waals surface area contributed by atoms with Crippen molar-refractivity contribution in [1.82, 2.24) is 21.3 Å². The second kappa shape index (κ2) is 39.8. The number of hydrogen-bond acceptors (Lipinski definition) is 17. The molecular weight excluding hydrogens is 1120 g/mol. The lowest BCUT2D eigenvalue weighted by Crippen LogP contribution is -2.49. The fraction of sp³-hybridized carbons (Fsp3) is 0.661. The van der Waals surface area contributed by atoms with Gasteiger partial charge in [0.25, 0.3) is 0 Å². The van der Waals surface area contributed by atoms with E-state index in [2.05, 4.69) is 26.3 Å². The summed E-state index contributed by atoms with van der Waals surface area (Å²) in [5.74, 6) is -17.5. The molecule has 0 saturated heterocycles. The minimum Gasteiger partial charge on any atom is -0.508 e. The van der Waals surface area contributed by atoms with Crippen LogP contribution in [0.1, 0.15) is 156 Å². The summed E-state index contributed by atoms with van der Waals surface area (Å²) in [6.07, 6.45) is -4.56. The number of carboxylic acid groups (broad SMARTS) is 1. The number of nitrogens with zero attached hydrogens (tertiary/aromatic N) is 1. The highest BCUT2D eigenvalue weighted by Crippen LogP contribution is 2.24. The number of carbonyl (C=O) groups excluding carboxylic acids is 12. The molecule has 1 aromatic carbocycles. The smallest absolute Gasteiger partial charge is 0.304 e. The molecule has 0 aromatic heterocycles. The Hall–Kier alpha value is -7.68. The fourth-order valence-electron chi connectivity index (χ4n) is 9.67. The number of nitrogens with two attached hydrogens (primary N) is 6. The highest BCUT2D eigenvalue weighted by Gasteiger charge is 2.36. The number of carboxylic acids is 1. The highest BCUT2D eigenvalue weighted by molar-refractivity contribution is 5.98. The summed E-state index contributed by atoms with van der Waals surface area (Å²) in [5.41, 5.74) is 33.9. The highest BCUT2D eigenvalue weighted by atomic mass is 16.4. The Balaban J connectivity index is 3.72. The number of aliphatic carboxylic acids is 1. The lowest BCUT2D eigenvalue weighted by molar-refractivity contribution is -0.141. The van der Waals surface area contributed by atoms with Crippen LogP contribution in [-0.4, -0.2) is 141 Å². The van der Waals surface area contributed by atoms with E-state index in [4.69, 9.17) is 39.5 Å². The molecule has 0 unspecified atom stereocenters. The minimum absolute atomic E-state index is 0.0183. The summed E-state index contributed by atoms with van der Waals surface area (Å²) in [5, 5.41) is 39.9. The number of ketones is 5. The van der Waals surface area contributed by atoms with Crippen LogP contribution in [0, 0.1) is 47.3 Å². The van der Waals surface area contributed by atoms with Gasteiger partial charge in [-0.2, -0.15) is 0 Å². The first-order valence-electron chi connectivity index (χ1n) is 29.3. The number of aliphatic imine (C=N–C) groups is 1. The lowest BCUT2D eigenvalue weighted by atomic mass is 9.87. The van der Waals surface area contributed by atoms with Crippen LogP contribution in [0.4, 0.5) is 0 Å². The molecule has 19 N–H and O–H groups in total.